The van der Waals surface area contributed by atoms with Crippen molar-refractivity contribution in [3.8, 4) is 5.75 Å². The van der Waals surface area contributed by atoms with Gasteiger partial charge in [-0.15, -0.1) is 0 Å². The van der Waals surface area contributed by atoms with E-state index in [1.165, 1.54) is 11.1 Å². The minimum atomic E-state index is -0.341. The van der Waals surface area contributed by atoms with Gasteiger partial charge in [0.05, 0.1) is 18.3 Å². The number of rotatable bonds is 2. The first kappa shape index (κ1) is 13.7. The predicted octanol–water partition coefficient (Wildman–Crippen LogP) is 2.56. The monoisotopic (exact) mass is 272 g/mol. The van der Waals surface area contributed by atoms with Gasteiger partial charge in [-0.05, 0) is 62.8 Å². The molecular weight excluding hydrogens is 251 g/mol. The highest BCUT2D eigenvalue weighted by Crippen LogP contribution is 2.37. The summed E-state index contributed by atoms with van der Waals surface area (Å²) in [5, 5.41) is 0. The van der Waals surface area contributed by atoms with Crippen molar-refractivity contribution in [2.75, 3.05) is 7.11 Å². The molecule has 0 N–H and O–H groups in total. The van der Waals surface area contributed by atoms with Gasteiger partial charge in [-0.2, -0.15) is 0 Å². The van der Waals surface area contributed by atoms with Gasteiger partial charge in [0, 0.05) is 0 Å². The second-order valence-corrected chi connectivity index (χ2v) is 6.48. The topological polar surface area (TPSA) is 27.7 Å². The molecule has 0 radical (unpaired) electrons. The maximum atomic E-state index is 6.16. The molecule has 0 amide bonds. The minimum Gasteiger partial charge on any atom is -0.497 e. The Morgan fingerprint density at radius 3 is 2.35 bits per heavy atom. The molecule has 4 heteroatoms. The molecule has 0 unspecified atom stereocenters. The van der Waals surface area contributed by atoms with Gasteiger partial charge in [-0.3, -0.25) is 0 Å². The Morgan fingerprint density at radius 1 is 1.10 bits per heavy atom. The van der Waals surface area contributed by atoms with Crippen molar-refractivity contribution in [3.05, 3.63) is 29.3 Å². The number of methoxy groups -OCH3 is 1. The van der Waals surface area contributed by atoms with Crippen LogP contribution < -0.4 is 10.2 Å². The first-order valence-electron chi connectivity index (χ1n) is 7.07. The van der Waals surface area contributed by atoms with Crippen molar-refractivity contribution >= 4 is 18.7 Å². The fraction of sp³-hybridized carbons (Fsp3) is 0.500. The molecule has 0 spiro atoms. The number of fused-ring (bicyclic) bond motifs is 1. The second kappa shape index (κ2) is 4.37. The SMILES string of the molecule is COc1cc2c(c(B3OC(C)(C)C(C)(C)O3)c1)C=CC2. The number of hydrogen-bond acceptors (Lipinski definition) is 3. The van der Waals surface area contributed by atoms with Crippen molar-refractivity contribution in [3.63, 3.8) is 0 Å². The summed E-state index contributed by atoms with van der Waals surface area (Å²) >= 11 is 0. The lowest BCUT2D eigenvalue weighted by Crippen LogP contribution is -2.41. The van der Waals surface area contributed by atoms with Crippen molar-refractivity contribution in [2.45, 2.75) is 45.3 Å². The fourth-order valence-electron chi connectivity index (χ4n) is 2.67. The molecule has 1 heterocycles. The van der Waals surface area contributed by atoms with Gasteiger partial charge in [0.15, 0.2) is 0 Å². The Morgan fingerprint density at radius 2 is 1.75 bits per heavy atom. The standard InChI is InChI=1S/C16H21BO3/c1-15(2)16(3,4)20-17(19-15)14-10-12(18-5)9-11-7-6-8-13(11)14/h6,8-10H,7H2,1-5H3. The first-order valence-corrected chi connectivity index (χ1v) is 7.07. The lowest BCUT2D eigenvalue weighted by molar-refractivity contribution is 0.00578. The van der Waals surface area contributed by atoms with Crippen LogP contribution in [-0.2, 0) is 15.7 Å². The van der Waals surface area contributed by atoms with E-state index in [0.717, 1.165) is 17.6 Å². The van der Waals surface area contributed by atoms with Crippen molar-refractivity contribution < 1.29 is 14.0 Å². The fourth-order valence-corrected chi connectivity index (χ4v) is 2.67. The van der Waals surface area contributed by atoms with Gasteiger partial charge in [0.25, 0.3) is 0 Å². The Bertz CT molecular complexity index is 559. The average molecular weight is 272 g/mol. The van der Waals surface area contributed by atoms with Gasteiger partial charge in [-0.25, -0.2) is 0 Å². The predicted molar refractivity (Wildman–Crippen MR) is 81.4 cm³/mol. The van der Waals surface area contributed by atoms with Crippen molar-refractivity contribution in [1.29, 1.82) is 0 Å². The van der Waals surface area contributed by atoms with E-state index >= 15 is 0 Å². The molecule has 3 rings (SSSR count). The third-order valence-corrected chi connectivity index (χ3v) is 4.64. The molecule has 2 aliphatic rings. The van der Waals surface area contributed by atoms with Gasteiger partial charge < -0.3 is 14.0 Å². The van der Waals surface area contributed by atoms with Gasteiger partial charge in [0.1, 0.15) is 5.75 Å². The van der Waals surface area contributed by atoms with E-state index in [1.54, 1.807) is 7.11 Å². The molecule has 1 fully saturated rings. The molecule has 0 saturated carbocycles. The van der Waals surface area contributed by atoms with Crippen LogP contribution in [0.15, 0.2) is 18.2 Å². The van der Waals surface area contributed by atoms with E-state index in [2.05, 4.69) is 45.9 Å². The molecular formula is C16H21BO3. The average Bonchev–Trinajstić information content (AvgIpc) is 2.90. The van der Waals surface area contributed by atoms with Crippen LogP contribution in [0.4, 0.5) is 0 Å². The summed E-state index contributed by atoms with van der Waals surface area (Å²) in [7, 11) is 1.35. The van der Waals surface area contributed by atoms with Crippen LogP contribution in [0.5, 0.6) is 5.75 Å². The van der Waals surface area contributed by atoms with Crippen molar-refractivity contribution in [1.82, 2.24) is 0 Å². The van der Waals surface area contributed by atoms with Crippen LogP contribution in [0.2, 0.25) is 0 Å². The van der Waals surface area contributed by atoms with E-state index in [4.69, 9.17) is 14.0 Å². The normalized spacial score (nSPS) is 22.1. The van der Waals surface area contributed by atoms with Crippen LogP contribution >= 0.6 is 0 Å². The first-order chi connectivity index (χ1) is 9.34. The van der Waals surface area contributed by atoms with Crippen molar-refractivity contribution in [2.24, 2.45) is 0 Å². The lowest BCUT2D eigenvalue weighted by Gasteiger charge is -2.32. The zero-order valence-electron chi connectivity index (χ0n) is 12.8. The third-order valence-electron chi connectivity index (χ3n) is 4.64. The Kier molecular flexibility index (Phi) is 3.00. The molecule has 1 aliphatic heterocycles. The lowest BCUT2D eigenvalue weighted by atomic mass is 9.75. The maximum Gasteiger partial charge on any atom is 0.495 e. The summed E-state index contributed by atoms with van der Waals surface area (Å²) in [6.07, 6.45) is 5.26. The van der Waals surface area contributed by atoms with Crippen LogP contribution in [0, 0.1) is 0 Å². The highest BCUT2D eigenvalue weighted by molar-refractivity contribution is 6.63. The molecule has 106 valence electrons. The third kappa shape index (κ3) is 1.98. The van der Waals surface area contributed by atoms with Crippen LogP contribution in [0.3, 0.4) is 0 Å². The Labute approximate surface area is 121 Å². The van der Waals surface area contributed by atoms with Crippen LogP contribution in [-0.4, -0.2) is 25.4 Å². The quantitative estimate of drug-likeness (QED) is 0.774. The second-order valence-electron chi connectivity index (χ2n) is 6.48. The molecule has 20 heavy (non-hydrogen) atoms. The van der Waals surface area contributed by atoms with E-state index < -0.39 is 0 Å². The molecule has 0 bridgehead atoms. The molecule has 1 aromatic carbocycles. The zero-order valence-corrected chi connectivity index (χ0v) is 12.8. The maximum absolute atomic E-state index is 6.16. The summed E-state index contributed by atoms with van der Waals surface area (Å²) in [5.74, 6) is 0.858. The van der Waals surface area contributed by atoms with Gasteiger partial charge >= 0.3 is 7.12 Å². The number of benzene rings is 1. The Hall–Kier alpha value is -1.26. The van der Waals surface area contributed by atoms with Gasteiger partial charge in [0.2, 0.25) is 0 Å². The zero-order chi connectivity index (χ0) is 14.5. The summed E-state index contributed by atoms with van der Waals surface area (Å²) < 4.78 is 17.7. The van der Waals surface area contributed by atoms with E-state index in [1.807, 2.05) is 6.07 Å². The number of ether oxygens (including phenoxy) is 1. The van der Waals surface area contributed by atoms with E-state index in [0.29, 0.717) is 0 Å². The molecule has 0 atom stereocenters. The van der Waals surface area contributed by atoms with Crippen LogP contribution in [0.25, 0.3) is 6.08 Å². The number of allylic oxidation sites excluding steroid dienone is 1. The molecule has 3 nitrogen and oxygen atoms in total. The van der Waals surface area contributed by atoms with Crippen LogP contribution in [0.1, 0.15) is 38.8 Å². The van der Waals surface area contributed by atoms with Gasteiger partial charge in [-0.1, -0.05) is 12.2 Å². The summed E-state index contributed by atoms with van der Waals surface area (Å²) in [4.78, 5) is 0. The minimum absolute atomic E-state index is 0.323. The smallest absolute Gasteiger partial charge is 0.495 e. The summed E-state index contributed by atoms with van der Waals surface area (Å²) in [6.45, 7) is 8.29. The highest BCUT2D eigenvalue weighted by Gasteiger charge is 2.52. The molecule has 1 saturated heterocycles. The number of hydrogen-bond donors (Lipinski definition) is 0. The summed E-state index contributed by atoms with van der Waals surface area (Å²) in [5.41, 5.74) is 2.90. The molecule has 1 aromatic rings. The Balaban J connectivity index is 2.04. The molecule has 0 aromatic heterocycles. The molecule has 1 aliphatic carbocycles. The largest absolute Gasteiger partial charge is 0.497 e. The van der Waals surface area contributed by atoms with E-state index in [9.17, 15) is 0 Å². The van der Waals surface area contributed by atoms with E-state index in [-0.39, 0.29) is 18.3 Å². The summed E-state index contributed by atoms with van der Waals surface area (Å²) in [6, 6.07) is 4.11. The highest BCUT2D eigenvalue weighted by atomic mass is 16.7.